The van der Waals surface area contributed by atoms with Crippen LogP contribution in [-0.2, 0) is 4.79 Å². The summed E-state index contributed by atoms with van der Waals surface area (Å²) < 4.78 is 0. The maximum absolute atomic E-state index is 12.2. The van der Waals surface area contributed by atoms with Crippen molar-refractivity contribution in [1.82, 2.24) is 0 Å². The van der Waals surface area contributed by atoms with E-state index in [1.54, 1.807) is 36.4 Å². The van der Waals surface area contributed by atoms with Gasteiger partial charge in [-0.05, 0) is 42.3 Å². The van der Waals surface area contributed by atoms with Gasteiger partial charge in [-0.1, -0.05) is 81.9 Å². The third-order valence-corrected chi connectivity index (χ3v) is 4.69. The van der Waals surface area contributed by atoms with Crippen LogP contribution >= 0.6 is 0 Å². The number of anilines is 1. The Morgan fingerprint density at radius 2 is 1.46 bits per heavy atom. The highest BCUT2D eigenvalue weighted by Crippen LogP contribution is 2.13. The summed E-state index contributed by atoms with van der Waals surface area (Å²) in [6.45, 7) is 2.22. The number of benzene rings is 2. The van der Waals surface area contributed by atoms with Crippen LogP contribution in [0.4, 0.5) is 5.69 Å². The summed E-state index contributed by atoms with van der Waals surface area (Å²) >= 11 is 0. The number of ketones is 1. The molecule has 2 aromatic carbocycles. The highest BCUT2D eigenvalue weighted by molar-refractivity contribution is 6.07. The number of carbonyl (C=O) groups is 2. The summed E-state index contributed by atoms with van der Waals surface area (Å²) in [7, 11) is 0. The fraction of sp³-hybridized carbons (Fsp3) is 0.360. The Morgan fingerprint density at radius 1 is 0.821 bits per heavy atom. The van der Waals surface area contributed by atoms with Crippen LogP contribution in [0.3, 0.4) is 0 Å². The van der Waals surface area contributed by atoms with E-state index in [1.165, 1.54) is 32.1 Å². The Balaban J connectivity index is 1.72. The molecule has 1 amide bonds. The molecule has 0 heterocycles. The van der Waals surface area contributed by atoms with Crippen LogP contribution in [0.5, 0.6) is 0 Å². The molecule has 0 fully saturated rings. The van der Waals surface area contributed by atoms with Crippen LogP contribution in [0.1, 0.15) is 74.2 Å². The molecule has 0 radical (unpaired) electrons. The highest BCUT2D eigenvalue weighted by Gasteiger charge is 2.05. The van der Waals surface area contributed by atoms with Crippen molar-refractivity contribution in [2.75, 3.05) is 5.32 Å². The Hall–Kier alpha value is -2.68. The van der Waals surface area contributed by atoms with Gasteiger partial charge in [0, 0.05) is 17.7 Å². The van der Waals surface area contributed by atoms with Crippen LogP contribution in [0.2, 0.25) is 0 Å². The molecular weight excluding hydrogens is 346 g/mol. The number of unbranched alkanes of at least 4 members (excludes halogenated alkanes) is 6. The van der Waals surface area contributed by atoms with E-state index in [-0.39, 0.29) is 11.7 Å². The third-order valence-electron chi connectivity index (χ3n) is 4.69. The Morgan fingerprint density at radius 3 is 2.14 bits per heavy atom. The minimum absolute atomic E-state index is 0.0385. The van der Waals surface area contributed by atoms with Crippen molar-refractivity contribution in [3.8, 4) is 0 Å². The quantitative estimate of drug-likeness (QED) is 0.255. The smallest absolute Gasteiger partial charge is 0.224 e. The molecule has 0 aliphatic rings. The number of hydrogen-bond acceptors (Lipinski definition) is 2. The Labute approximate surface area is 168 Å². The van der Waals surface area contributed by atoms with Crippen LogP contribution in [0.25, 0.3) is 6.08 Å². The molecule has 0 saturated carbocycles. The van der Waals surface area contributed by atoms with E-state index in [0.29, 0.717) is 12.0 Å². The average molecular weight is 378 g/mol. The summed E-state index contributed by atoms with van der Waals surface area (Å²) in [5.41, 5.74) is 2.33. The van der Waals surface area contributed by atoms with Gasteiger partial charge in [-0.2, -0.15) is 0 Å². The molecule has 2 rings (SSSR count). The molecule has 2 aromatic rings. The summed E-state index contributed by atoms with van der Waals surface area (Å²) in [6, 6.07) is 16.8. The molecule has 0 spiro atoms. The van der Waals surface area contributed by atoms with Crippen molar-refractivity contribution in [1.29, 1.82) is 0 Å². The van der Waals surface area contributed by atoms with Crippen LogP contribution in [0, 0.1) is 0 Å². The van der Waals surface area contributed by atoms with E-state index in [1.807, 2.05) is 30.3 Å². The SMILES string of the molecule is CCCCCCCCCC(=O)Nc1ccc(C(=O)C=Cc2ccccc2)cc1. The first-order valence-electron chi connectivity index (χ1n) is 10.4. The number of carbonyl (C=O) groups excluding carboxylic acids is 2. The maximum Gasteiger partial charge on any atom is 0.224 e. The monoisotopic (exact) mass is 377 g/mol. The van der Waals surface area contributed by atoms with Gasteiger partial charge in [-0.15, -0.1) is 0 Å². The van der Waals surface area contributed by atoms with Gasteiger partial charge in [0.2, 0.25) is 5.91 Å². The molecule has 148 valence electrons. The van der Waals surface area contributed by atoms with Gasteiger partial charge in [0.15, 0.2) is 5.78 Å². The van der Waals surface area contributed by atoms with Crippen molar-refractivity contribution in [2.24, 2.45) is 0 Å². The maximum atomic E-state index is 12.2. The minimum Gasteiger partial charge on any atom is -0.326 e. The molecule has 0 atom stereocenters. The number of allylic oxidation sites excluding steroid dienone is 1. The second kappa shape index (κ2) is 12.7. The number of amides is 1. The van der Waals surface area contributed by atoms with Gasteiger partial charge in [0.1, 0.15) is 0 Å². The van der Waals surface area contributed by atoms with E-state index in [0.717, 1.165) is 24.1 Å². The predicted molar refractivity (Wildman–Crippen MR) is 117 cm³/mol. The number of rotatable bonds is 12. The van der Waals surface area contributed by atoms with Crippen molar-refractivity contribution < 1.29 is 9.59 Å². The Bertz CT molecular complexity index is 748. The molecule has 0 unspecified atom stereocenters. The zero-order valence-electron chi connectivity index (χ0n) is 16.8. The summed E-state index contributed by atoms with van der Waals surface area (Å²) in [4.78, 5) is 24.3. The topological polar surface area (TPSA) is 46.2 Å². The number of hydrogen-bond donors (Lipinski definition) is 1. The summed E-state index contributed by atoms with van der Waals surface area (Å²) in [6.07, 6.45) is 12.3. The predicted octanol–water partition coefficient (Wildman–Crippen LogP) is 6.66. The van der Waals surface area contributed by atoms with E-state index in [4.69, 9.17) is 0 Å². The molecule has 1 N–H and O–H groups in total. The first kappa shape index (κ1) is 21.6. The lowest BCUT2D eigenvalue weighted by Gasteiger charge is -2.06. The van der Waals surface area contributed by atoms with Gasteiger partial charge >= 0.3 is 0 Å². The second-order valence-corrected chi connectivity index (χ2v) is 7.11. The van der Waals surface area contributed by atoms with Gasteiger partial charge in [0.25, 0.3) is 0 Å². The fourth-order valence-corrected chi connectivity index (χ4v) is 3.02. The summed E-state index contributed by atoms with van der Waals surface area (Å²) in [5, 5.41) is 2.91. The summed E-state index contributed by atoms with van der Waals surface area (Å²) in [5.74, 6) is -0.0126. The molecule has 0 aromatic heterocycles. The lowest BCUT2D eigenvalue weighted by Crippen LogP contribution is -2.11. The highest BCUT2D eigenvalue weighted by atomic mass is 16.1. The van der Waals surface area contributed by atoms with Gasteiger partial charge < -0.3 is 5.32 Å². The van der Waals surface area contributed by atoms with Gasteiger partial charge in [-0.3, -0.25) is 9.59 Å². The van der Waals surface area contributed by atoms with E-state index in [9.17, 15) is 9.59 Å². The van der Waals surface area contributed by atoms with Crippen molar-refractivity contribution in [3.05, 3.63) is 71.8 Å². The second-order valence-electron chi connectivity index (χ2n) is 7.11. The third kappa shape index (κ3) is 8.34. The zero-order chi connectivity index (χ0) is 20.0. The van der Waals surface area contributed by atoms with E-state index in [2.05, 4.69) is 12.2 Å². The Kier molecular flexibility index (Phi) is 9.78. The van der Waals surface area contributed by atoms with Crippen molar-refractivity contribution in [3.63, 3.8) is 0 Å². The average Bonchev–Trinajstić information content (AvgIpc) is 2.72. The normalized spacial score (nSPS) is 10.9. The van der Waals surface area contributed by atoms with Crippen molar-refractivity contribution in [2.45, 2.75) is 58.3 Å². The van der Waals surface area contributed by atoms with Gasteiger partial charge in [0.05, 0.1) is 0 Å². The molecule has 3 nitrogen and oxygen atoms in total. The minimum atomic E-state index is -0.0511. The first-order chi connectivity index (χ1) is 13.7. The first-order valence-corrected chi connectivity index (χ1v) is 10.4. The van der Waals surface area contributed by atoms with E-state index >= 15 is 0 Å². The van der Waals surface area contributed by atoms with Gasteiger partial charge in [-0.25, -0.2) is 0 Å². The molecule has 0 saturated heterocycles. The molecule has 0 aliphatic heterocycles. The molecule has 28 heavy (non-hydrogen) atoms. The van der Waals surface area contributed by atoms with Crippen LogP contribution in [0.15, 0.2) is 60.7 Å². The van der Waals surface area contributed by atoms with Crippen LogP contribution < -0.4 is 5.32 Å². The lowest BCUT2D eigenvalue weighted by molar-refractivity contribution is -0.116. The molecular formula is C25H31NO2. The zero-order valence-corrected chi connectivity index (χ0v) is 16.8. The molecule has 0 aliphatic carbocycles. The fourth-order valence-electron chi connectivity index (χ4n) is 3.02. The standard InChI is InChI=1S/C25H31NO2/c1-2-3-4-5-6-7-11-14-25(28)26-23-18-16-22(17-19-23)24(27)20-15-21-12-9-8-10-13-21/h8-10,12-13,15-20H,2-7,11,14H2,1H3,(H,26,28). The number of nitrogens with one attached hydrogen (secondary N) is 1. The lowest BCUT2D eigenvalue weighted by atomic mass is 10.1. The molecule has 0 bridgehead atoms. The van der Waals surface area contributed by atoms with Crippen molar-refractivity contribution >= 4 is 23.5 Å². The largest absolute Gasteiger partial charge is 0.326 e. The van der Waals surface area contributed by atoms with E-state index < -0.39 is 0 Å². The molecule has 3 heteroatoms. The van der Waals surface area contributed by atoms with Crippen LogP contribution in [-0.4, -0.2) is 11.7 Å².